The van der Waals surface area contributed by atoms with Crippen LogP contribution in [0.2, 0.25) is 5.02 Å². The summed E-state index contributed by atoms with van der Waals surface area (Å²) in [7, 11) is 1.64. The van der Waals surface area contributed by atoms with Gasteiger partial charge in [0.05, 0.1) is 23.8 Å². The third-order valence-corrected chi connectivity index (χ3v) is 7.60. The number of aromatic nitrogens is 1. The first-order valence-corrected chi connectivity index (χ1v) is 12.5. The van der Waals surface area contributed by atoms with E-state index < -0.39 is 6.10 Å². The second-order valence-corrected chi connectivity index (χ2v) is 9.80. The first kappa shape index (κ1) is 23.3. The van der Waals surface area contributed by atoms with Crippen LogP contribution < -0.4 is 10.1 Å². The fourth-order valence-corrected chi connectivity index (χ4v) is 5.93. The fraction of sp³-hybridized carbons (Fsp3) is 0.393. The number of nitrogens with one attached hydrogen (secondary N) is 1. The van der Waals surface area contributed by atoms with E-state index in [2.05, 4.69) is 51.6 Å². The highest BCUT2D eigenvalue weighted by Gasteiger charge is 2.41. The van der Waals surface area contributed by atoms with E-state index in [1.54, 1.807) is 13.3 Å². The zero-order chi connectivity index (χ0) is 23.5. The van der Waals surface area contributed by atoms with E-state index in [1.165, 1.54) is 18.4 Å². The van der Waals surface area contributed by atoms with Gasteiger partial charge < -0.3 is 15.2 Å². The van der Waals surface area contributed by atoms with E-state index in [0.717, 1.165) is 41.6 Å². The third-order valence-electron chi connectivity index (χ3n) is 7.30. The molecule has 3 heterocycles. The van der Waals surface area contributed by atoms with Crippen molar-refractivity contribution in [2.45, 2.75) is 49.9 Å². The van der Waals surface area contributed by atoms with Gasteiger partial charge in [-0.15, -0.1) is 0 Å². The Hall–Kier alpha value is -2.44. The Bertz CT molecular complexity index is 1140. The highest BCUT2D eigenvalue weighted by atomic mass is 35.5. The van der Waals surface area contributed by atoms with Crippen molar-refractivity contribution in [1.82, 2.24) is 15.2 Å². The number of aliphatic hydroxyl groups excluding tert-OH is 1. The van der Waals surface area contributed by atoms with E-state index in [0.29, 0.717) is 29.7 Å². The van der Waals surface area contributed by atoms with Crippen molar-refractivity contribution in [3.63, 3.8) is 0 Å². The van der Waals surface area contributed by atoms with E-state index >= 15 is 0 Å². The number of rotatable bonds is 8. The third kappa shape index (κ3) is 4.98. The summed E-state index contributed by atoms with van der Waals surface area (Å²) in [6.45, 7) is 1.47. The minimum absolute atomic E-state index is 0.491. The van der Waals surface area contributed by atoms with Gasteiger partial charge in [-0.1, -0.05) is 54.1 Å². The Morgan fingerprint density at radius 3 is 2.68 bits per heavy atom. The second-order valence-electron chi connectivity index (χ2n) is 9.39. The summed E-state index contributed by atoms with van der Waals surface area (Å²) in [5.41, 5.74) is 2.79. The van der Waals surface area contributed by atoms with Crippen LogP contribution >= 0.6 is 11.6 Å². The van der Waals surface area contributed by atoms with Gasteiger partial charge in [0.15, 0.2) is 0 Å². The predicted octanol–water partition coefficient (Wildman–Crippen LogP) is 5.23. The van der Waals surface area contributed by atoms with E-state index in [1.807, 2.05) is 24.3 Å². The molecule has 34 heavy (non-hydrogen) atoms. The normalized spacial score (nSPS) is 23.6. The highest BCUT2D eigenvalue weighted by molar-refractivity contribution is 6.32. The summed E-state index contributed by atoms with van der Waals surface area (Å²) in [5.74, 6) is 0.735. The molecule has 2 aliphatic heterocycles. The minimum Gasteiger partial charge on any atom is -0.497 e. The van der Waals surface area contributed by atoms with E-state index in [9.17, 15) is 5.11 Å². The molecule has 3 unspecified atom stereocenters. The quantitative estimate of drug-likeness (QED) is 0.465. The molecule has 0 amide bonds. The molecule has 178 valence electrons. The van der Waals surface area contributed by atoms with Crippen molar-refractivity contribution >= 4 is 28.6 Å². The first-order valence-electron chi connectivity index (χ1n) is 12.1. The molecule has 0 saturated carbocycles. The lowest BCUT2D eigenvalue weighted by Gasteiger charge is -2.40. The second kappa shape index (κ2) is 10.4. The maximum atomic E-state index is 11.3. The number of hydrogen-bond donors (Lipinski definition) is 2. The van der Waals surface area contributed by atoms with Gasteiger partial charge in [-0.25, -0.2) is 0 Å². The molecule has 2 bridgehead atoms. The number of fused-ring (bicyclic) bond motifs is 3. The number of aliphatic hydroxyl groups is 1. The number of halogens is 1. The van der Waals surface area contributed by atoms with Crippen molar-refractivity contribution in [2.24, 2.45) is 0 Å². The molecule has 2 saturated heterocycles. The predicted molar refractivity (Wildman–Crippen MR) is 138 cm³/mol. The molecule has 5 nitrogen and oxygen atoms in total. The Kier molecular flexibility index (Phi) is 7.16. The largest absolute Gasteiger partial charge is 0.497 e. The van der Waals surface area contributed by atoms with Crippen LogP contribution in [0.4, 0.5) is 0 Å². The van der Waals surface area contributed by atoms with Crippen LogP contribution in [0.1, 0.15) is 42.9 Å². The molecule has 5 rings (SSSR count). The summed E-state index contributed by atoms with van der Waals surface area (Å²) in [6, 6.07) is 17.6. The smallest absolute Gasteiger partial charge is 0.119 e. The summed E-state index contributed by atoms with van der Waals surface area (Å²) in [6.07, 6.45) is 9.95. The number of ether oxygens (including phenoxy) is 1. The summed E-state index contributed by atoms with van der Waals surface area (Å²) in [5, 5.41) is 16.4. The van der Waals surface area contributed by atoms with Crippen LogP contribution in [0.15, 0.2) is 60.8 Å². The zero-order valence-corrected chi connectivity index (χ0v) is 20.3. The SMILES string of the molecule is COc1ccc2ncc(Cl)c(C(O)CN3C4CCC3CC(NC/C=C/c3ccccc3)C4)c2c1. The molecular weight excluding hydrogens is 446 g/mol. The van der Waals surface area contributed by atoms with Crippen LogP contribution in [-0.2, 0) is 0 Å². The molecular formula is C28H32ClN3O2. The van der Waals surface area contributed by atoms with Gasteiger partial charge in [0, 0.05) is 48.4 Å². The molecule has 2 fully saturated rings. The number of benzene rings is 2. The zero-order valence-electron chi connectivity index (χ0n) is 19.5. The maximum absolute atomic E-state index is 11.3. The van der Waals surface area contributed by atoms with Crippen LogP contribution in [0.5, 0.6) is 5.75 Å². The molecule has 3 atom stereocenters. The number of methoxy groups -OCH3 is 1. The van der Waals surface area contributed by atoms with Crippen molar-refractivity contribution in [3.05, 3.63) is 77.0 Å². The van der Waals surface area contributed by atoms with Crippen molar-refractivity contribution < 1.29 is 9.84 Å². The Morgan fingerprint density at radius 2 is 1.94 bits per heavy atom. The highest BCUT2D eigenvalue weighted by Crippen LogP contribution is 2.39. The molecule has 0 aliphatic carbocycles. The number of nitrogens with zero attached hydrogens (tertiary/aromatic N) is 2. The summed E-state index contributed by atoms with van der Waals surface area (Å²) < 4.78 is 5.39. The van der Waals surface area contributed by atoms with Gasteiger partial charge in [-0.3, -0.25) is 9.88 Å². The fourth-order valence-electron chi connectivity index (χ4n) is 5.66. The van der Waals surface area contributed by atoms with Gasteiger partial charge in [-0.05, 0) is 49.4 Å². The lowest BCUT2D eigenvalue weighted by molar-refractivity contribution is 0.0530. The van der Waals surface area contributed by atoms with Gasteiger partial charge in [0.25, 0.3) is 0 Å². The van der Waals surface area contributed by atoms with Crippen molar-refractivity contribution in [2.75, 3.05) is 20.2 Å². The number of piperidine rings is 1. The van der Waals surface area contributed by atoms with Gasteiger partial charge in [-0.2, -0.15) is 0 Å². The standard InChI is InChI=1S/C28H32ClN3O2/c1-34-23-11-12-26-24(16-23)28(25(29)17-31-26)27(33)18-32-21-9-10-22(32)15-20(14-21)30-13-5-8-19-6-3-2-4-7-19/h2-8,11-12,16-17,20-22,27,30,33H,9-10,13-15,18H2,1H3/b8-5+. The Morgan fingerprint density at radius 1 is 1.18 bits per heavy atom. The number of pyridine rings is 1. The van der Waals surface area contributed by atoms with Gasteiger partial charge >= 0.3 is 0 Å². The first-order chi connectivity index (χ1) is 16.6. The van der Waals surface area contributed by atoms with Crippen LogP contribution in [0.25, 0.3) is 17.0 Å². The molecule has 3 aromatic rings. The lowest BCUT2D eigenvalue weighted by atomic mass is 9.95. The molecule has 1 aromatic heterocycles. The van der Waals surface area contributed by atoms with Crippen LogP contribution in [0.3, 0.4) is 0 Å². The Labute approximate surface area is 206 Å². The minimum atomic E-state index is -0.675. The summed E-state index contributed by atoms with van der Waals surface area (Å²) >= 11 is 6.54. The monoisotopic (exact) mass is 477 g/mol. The molecule has 6 heteroatoms. The molecule has 2 aliphatic rings. The lowest BCUT2D eigenvalue weighted by Crippen LogP contribution is -2.50. The molecule has 2 N–H and O–H groups in total. The average Bonchev–Trinajstić information content (AvgIpc) is 3.08. The van der Waals surface area contributed by atoms with E-state index in [-0.39, 0.29) is 0 Å². The van der Waals surface area contributed by atoms with E-state index in [4.69, 9.17) is 16.3 Å². The molecule has 2 aromatic carbocycles. The van der Waals surface area contributed by atoms with Crippen molar-refractivity contribution in [3.8, 4) is 5.75 Å². The van der Waals surface area contributed by atoms with Crippen molar-refractivity contribution in [1.29, 1.82) is 0 Å². The van der Waals surface area contributed by atoms with Gasteiger partial charge in [0.1, 0.15) is 5.75 Å². The van der Waals surface area contributed by atoms with Gasteiger partial charge in [0.2, 0.25) is 0 Å². The average molecular weight is 478 g/mol. The maximum Gasteiger partial charge on any atom is 0.119 e. The molecule has 0 spiro atoms. The Balaban J connectivity index is 1.23. The summed E-state index contributed by atoms with van der Waals surface area (Å²) in [4.78, 5) is 6.93. The number of hydrogen-bond acceptors (Lipinski definition) is 5. The van der Waals surface area contributed by atoms with Crippen LogP contribution in [-0.4, -0.2) is 53.3 Å². The topological polar surface area (TPSA) is 57.6 Å². The van der Waals surface area contributed by atoms with Crippen LogP contribution in [0, 0.1) is 0 Å². The molecule has 0 radical (unpaired) electrons.